The number of halogens is 1. The summed E-state index contributed by atoms with van der Waals surface area (Å²) < 4.78 is 5.99. The van der Waals surface area contributed by atoms with Crippen LogP contribution >= 0.6 is 11.6 Å². The normalized spacial score (nSPS) is 12.0. The number of rotatable bonds is 11. The molecule has 31 heavy (non-hydrogen) atoms. The predicted molar refractivity (Wildman–Crippen MR) is 134 cm³/mol. The Morgan fingerprint density at radius 2 is 1.29 bits per heavy atom. The summed E-state index contributed by atoms with van der Waals surface area (Å²) in [6.07, 6.45) is 0.803. The lowest BCUT2D eigenvalue weighted by atomic mass is 9.88. The third-order valence-corrected chi connectivity index (χ3v) is 5.73. The Labute approximate surface area is 192 Å². The molecule has 0 heterocycles. The second-order valence-electron chi connectivity index (χ2n) is 7.42. The summed E-state index contributed by atoms with van der Waals surface area (Å²) in [4.78, 5) is 2.36. The highest BCUT2D eigenvalue weighted by Crippen LogP contribution is 2.35. The van der Waals surface area contributed by atoms with Crippen LogP contribution in [0.3, 0.4) is 0 Å². The van der Waals surface area contributed by atoms with Gasteiger partial charge in [-0.25, -0.2) is 0 Å². The van der Waals surface area contributed by atoms with E-state index in [0.29, 0.717) is 12.5 Å². The van der Waals surface area contributed by atoms with Crippen molar-refractivity contribution in [2.24, 2.45) is 0 Å². The molecule has 0 radical (unpaired) electrons. The van der Waals surface area contributed by atoms with Crippen molar-refractivity contribution in [1.82, 2.24) is 4.90 Å². The molecule has 0 aliphatic rings. The topological polar surface area (TPSA) is 12.5 Å². The van der Waals surface area contributed by atoms with Crippen LogP contribution < -0.4 is 4.74 Å². The zero-order chi connectivity index (χ0) is 21.9. The van der Waals surface area contributed by atoms with Crippen molar-refractivity contribution in [2.75, 3.05) is 32.1 Å². The summed E-state index contributed by atoms with van der Waals surface area (Å²) in [5.74, 6) is 1.48. The molecule has 0 amide bonds. The van der Waals surface area contributed by atoms with Crippen LogP contribution in [0.2, 0.25) is 0 Å². The number of hydrogen-bond donors (Lipinski definition) is 0. The summed E-state index contributed by atoms with van der Waals surface area (Å²) >= 11 is 6.24. The number of nitrogens with zero attached hydrogens (tertiary/aromatic N) is 1. The zero-order valence-corrected chi connectivity index (χ0v) is 19.3. The van der Waals surface area contributed by atoms with Crippen molar-refractivity contribution in [1.29, 1.82) is 0 Å². The molecule has 0 N–H and O–H groups in total. The van der Waals surface area contributed by atoms with E-state index in [0.717, 1.165) is 31.8 Å². The maximum absolute atomic E-state index is 6.24. The molecule has 0 aliphatic carbocycles. The van der Waals surface area contributed by atoms with Gasteiger partial charge >= 0.3 is 0 Å². The predicted octanol–water partition coefficient (Wildman–Crippen LogP) is 7.00. The first kappa shape index (κ1) is 23.1. The second-order valence-corrected chi connectivity index (χ2v) is 7.80. The van der Waals surface area contributed by atoms with E-state index < -0.39 is 0 Å². The van der Waals surface area contributed by atoms with Crippen LogP contribution in [-0.4, -0.2) is 37.0 Å². The van der Waals surface area contributed by atoms with Crippen molar-refractivity contribution in [3.63, 3.8) is 0 Å². The van der Waals surface area contributed by atoms with Crippen molar-refractivity contribution in [3.05, 3.63) is 102 Å². The van der Waals surface area contributed by atoms with E-state index in [9.17, 15) is 0 Å². The van der Waals surface area contributed by atoms with E-state index >= 15 is 0 Å². The highest BCUT2D eigenvalue weighted by Gasteiger charge is 2.14. The number of alkyl halides is 1. The van der Waals surface area contributed by atoms with Crippen molar-refractivity contribution in [3.8, 4) is 5.75 Å². The monoisotopic (exact) mass is 433 g/mol. The zero-order valence-electron chi connectivity index (χ0n) is 18.6. The van der Waals surface area contributed by atoms with E-state index in [1.54, 1.807) is 0 Å². The van der Waals surface area contributed by atoms with Crippen LogP contribution in [0.15, 0.2) is 84.9 Å². The summed E-state index contributed by atoms with van der Waals surface area (Å²) in [7, 11) is 0. The van der Waals surface area contributed by atoms with E-state index in [4.69, 9.17) is 16.3 Å². The number of ether oxygens (including phenoxy) is 1. The Hall–Kier alpha value is -2.55. The van der Waals surface area contributed by atoms with Gasteiger partial charge in [-0.15, -0.1) is 11.6 Å². The Kier molecular flexibility index (Phi) is 9.20. The van der Waals surface area contributed by atoms with Gasteiger partial charge in [0.1, 0.15) is 12.4 Å². The quantitative estimate of drug-likeness (QED) is 0.238. The van der Waals surface area contributed by atoms with Gasteiger partial charge in [-0.1, -0.05) is 86.6 Å². The van der Waals surface area contributed by atoms with E-state index in [1.807, 2.05) is 6.07 Å². The molecule has 0 fully saturated rings. The highest BCUT2D eigenvalue weighted by molar-refractivity contribution is 6.18. The molecular formula is C28H32ClNO. The van der Waals surface area contributed by atoms with Crippen LogP contribution in [0, 0.1) is 0 Å². The Bertz CT molecular complexity index is 932. The van der Waals surface area contributed by atoms with Gasteiger partial charge < -0.3 is 9.64 Å². The number of hydrogen-bond acceptors (Lipinski definition) is 2. The fourth-order valence-electron chi connectivity index (χ4n) is 3.82. The van der Waals surface area contributed by atoms with E-state index in [2.05, 4.69) is 97.6 Å². The van der Waals surface area contributed by atoms with E-state index in [1.165, 1.54) is 27.8 Å². The first-order chi connectivity index (χ1) is 15.3. The highest BCUT2D eigenvalue weighted by atomic mass is 35.5. The lowest BCUT2D eigenvalue weighted by Crippen LogP contribution is -2.27. The lowest BCUT2D eigenvalue weighted by Gasteiger charge is -2.19. The molecule has 0 unspecified atom stereocenters. The van der Waals surface area contributed by atoms with Gasteiger partial charge in [0.05, 0.1) is 0 Å². The molecule has 0 saturated heterocycles. The summed E-state index contributed by atoms with van der Waals surface area (Å²) in [6.45, 7) is 8.10. The molecule has 162 valence electrons. The smallest absolute Gasteiger partial charge is 0.119 e. The molecule has 0 bridgehead atoms. The van der Waals surface area contributed by atoms with Crippen LogP contribution in [0.4, 0.5) is 0 Å². The Morgan fingerprint density at radius 1 is 0.742 bits per heavy atom. The fraction of sp³-hybridized carbons (Fsp3) is 0.286. The van der Waals surface area contributed by atoms with Crippen LogP contribution in [0.5, 0.6) is 5.75 Å². The minimum atomic E-state index is 0.577. The maximum atomic E-state index is 6.24. The van der Waals surface area contributed by atoms with E-state index in [-0.39, 0.29) is 0 Å². The summed E-state index contributed by atoms with van der Waals surface area (Å²) in [6, 6.07) is 29.6. The number of allylic oxidation sites excluding steroid dienone is 1. The molecule has 0 aliphatic heterocycles. The average molecular weight is 434 g/mol. The standard InChI is InChI=1S/C28H32ClNO/c1-3-30(4-2)21-22-31-26-17-15-25(16-18-26)28(24-13-9-6-10-14-24)27(19-20-29)23-11-7-5-8-12-23/h5-18H,3-4,19-22H2,1-2H3. The van der Waals surface area contributed by atoms with Gasteiger partial charge in [-0.2, -0.15) is 0 Å². The van der Waals surface area contributed by atoms with Gasteiger partial charge in [-0.3, -0.25) is 0 Å². The maximum Gasteiger partial charge on any atom is 0.119 e. The average Bonchev–Trinajstić information content (AvgIpc) is 2.84. The third-order valence-electron chi connectivity index (χ3n) is 5.54. The largest absolute Gasteiger partial charge is 0.492 e. The lowest BCUT2D eigenvalue weighted by molar-refractivity contribution is 0.223. The SMILES string of the molecule is CCN(CC)CCOc1ccc(C(=C(CCCl)c2ccccc2)c2ccccc2)cc1. The third kappa shape index (κ3) is 6.46. The molecule has 0 saturated carbocycles. The van der Waals surface area contributed by atoms with Crippen molar-refractivity contribution >= 4 is 22.7 Å². The molecule has 3 heteroatoms. The molecule has 3 aromatic rings. The minimum absolute atomic E-state index is 0.577. The number of likely N-dealkylation sites (N-methyl/N-ethyl adjacent to an activating group) is 1. The number of benzene rings is 3. The van der Waals surface area contributed by atoms with Gasteiger partial charge in [0.15, 0.2) is 0 Å². The minimum Gasteiger partial charge on any atom is -0.492 e. The van der Waals surface area contributed by atoms with Gasteiger partial charge in [0.2, 0.25) is 0 Å². The van der Waals surface area contributed by atoms with Crippen LogP contribution in [0.1, 0.15) is 37.0 Å². The molecule has 0 aromatic heterocycles. The molecule has 0 atom stereocenters. The molecule has 3 aromatic carbocycles. The first-order valence-corrected chi connectivity index (χ1v) is 11.7. The summed E-state index contributed by atoms with van der Waals surface area (Å²) in [5.41, 5.74) is 6.06. The van der Waals surface area contributed by atoms with Crippen LogP contribution in [-0.2, 0) is 0 Å². The van der Waals surface area contributed by atoms with Gasteiger partial charge in [-0.05, 0) is 59.5 Å². The van der Waals surface area contributed by atoms with Crippen molar-refractivity contribution in [2.45, 2.75) is 20.3 Å². The first-order valence-electron chi connectivity index (χ1n) is 11.1. The Morgan fingerprint density at radius 3 is 1.84 bits per heavy atom. The molecular weight excluding hydrogens is 402 g/mol. The molecule has 2 nitrogen and oxygen atoms in total. The van der Waals surface area contributed by atoms with Gasteiger partial charge in [0, 0.05) is 12.4 Å². The van der Waals surface area contributed by atoms with Crippen molar-refractivity contribution < 1.29 is 4.74 Å². The van der Waals surface area contributed by atoms with Gasteiger partial charge in [0.25, 0.3) is 0 Å². The molecule has 3 rings (SSSR count). The summed E-state index contributed by atoms with van der Waals surface area (Å²) in [5, 5.41) is 0. The fourth-order valence-corrected chi connectivity index (χ4v) is 4.01. The second kappa shape index (κ2) is 12.3. The Balaban J connectivity index is 1.93. The molecule has 0 spiro atoms. The van der Waals surface area contributed by atoms with Crippen LogP contribution in [0.25, 0.3) is 11.1 Å².